The van der Waals surface area contributed by atoms with Gasteiger partial charge >= 0.3 is 0 Å². The summed E-state index contributed by atoms with van der Waals surface area (Å²) < 4.78 is 0. The summed E-state index contributed by atoms with van der Waals surface area (Å²) in [4.78, 5) is 2.29. The van der Waals surface area contributed by atoms with Gasteiger partial charge in [0, 0.05) is 22.7 Å². The molecule has 1 nitrogen and oxygen atoms in total. The Labute approximate surface area is 172 Å². The highest BCUT2D eigenvalue weighted by atomic mass is 15.2. The molecule has 0 amide bonds. The Kier molecular flexibility index (Phi) is 7.07. The fourth-order valence-corrected chi connectivity index (χ4v) is 3.58. The van der Waals surface area contributed by atoms with Gasteiger partial charge < -0.3 is 4.90 Å². The van der Waals surface area contributed by atoms with Crippen LogP contribution in [0.4, 0.5) is 5.69 Å². The molecule has 0 bridgehead atoms. The van der Waals surface area contributed by atoms with E-state index in [0.717, 1.165) is 29.0 Å². The van der Waals surface area contributed by atoms with Gasteiger partial charge in [-0.3, -0.25) is 0 Å². The minimum atomic E-state index is 0.398. The molecule has 2 rings (SSSR count). The fourth-order valence-electron chi connectivity index (χ4n) is 3.58. The molecule has 0 aliphatic carbocycles. The first-order valence-corrected chi connectivity index (χ1v) is 10.2. The largest absolute Gasteiger partial charge is 0.314 e. The van der Waals surface area contributed by atoms with Crippen molar-refractivity contribution in [2.75, 3.05) is 4.90 Å². The molecular weight excluding hydrogens is 338 g/mol. The molecule has 1 aliphatic rings. The van der Waals surface area contributed by atoms with E-state index in [1.807, 2.05) is 0 Å². The number of nitrogens with zero attached hydrogens (tertiary/aromatic N) is 1. The van der Waals surface area contributed by atoms with Crippen molar-refractivity contribution in [1.29, 1.82) is 0 Å². The van der Waals surface area contributed by atoms with Crippen LogP contribution < -0.4 is 4.90 Å². The SMILES string of the molecule is C=C(C1=C(C)C=C(C(C)C)N(c2ccccc2)C1=C)/C(C)=C(C)/C=C(/C)CC. The van der Waals surface area contributed by atoms with Crippen molar-refractivity contribution >= 4 is 5.69 Å². The van der Waals surface area contributed by atoms with Gasteiger partial charge in [-0.25, -0.2) is 0 Å². The Balaban J connectivity index is 2.57. The molecule has 0 spiro atoms. The number of benzene rings is 1. The quantitative estimate of drug-likeness (QED) is 0.455. The molecule has 0 fully saturated rings. The van der Waals surface area contributed by atoms with Crippen LogP contribution in [0.3, 0.4) is 0 Å². The van der Waals surface area contributed by atoms with Crippen molar-refractivity contribution in [3.8, 4) is 0 Å². The fraction of sp³-hybridized carbons (Fsp3) is 0.333. The van der Waals surface area contributed by atoms with Crippen molar-refractivity contribution in [1.82, 2.24) is 0 Å². The summed E-state index contributed by atoms with van der Waals surface area (Å²) in [6, 6.07) is 10.5. The monoisotopic (exact) mass is 373 g/mol. The number of hydrogen-bond acceptors (Lipinski definition) is 1. The second kappa shape index (κ2) is 9.10. The molecule has 1 aromatic carbocycles. The summed E-state index contributed by atoms with van der Waals surface area (Å²) in [5.74, 6) is 0.398. The van der Waals surface area contributed by atoms with Gasteiger partial charge in [-0.05, 0) is 80.5 Å². The molecule has 0 saturated heterocycles. The maximum atomic E-state index is 4.50. The van der Waals surface area contributed by atoms with Gasteiger partial charge in [-0.2, -0.15) is 0 Å². The van der Waals surface area contributed by atoms with E-state index in [1.165, 1.54) is 28.0 Å². The first-order chi connectivity index (χ1) is 13.2. The average molecular weight is 374 g/mol. The van der Waals surface area contributed by atoms with E-state index in [-0.39, 0.29) is 0 Å². The highest BCUT2D eigenvalue weighted by Crippen LogP contribution is 2.40. The van der Waals surface area contributed by atoms with Crippen molar-refractivity contribution in [3.63, 3.8) is 0 Å². The summed E-state index contributed by atoms with van der Waals surface area (Å²) in [7, 11) is 0. The van der Waals surface area contributed by atoms with Crippen LogP contribution in [0.2, 0.25) is 0 Å². The van der Waals surface area contributed by atoms with Gasteiger partial charge in [0.2, 0.25) is 0 Å². The number of hydrogen-bond donors (Lipinski definition) is 0. The van der Waals surface area contributed by atoms with Gasteiger partial charge in [0.15, 0.2) is 0 Å². The Morgan fingerprint density at radius 2 is 1.71 bits per heavy atom. The molecule has 0 N–H and O–H groups in total. The van der Waals surface area contributed by atoms with Crippen molar-refractivity contribution in [3.05, 3.63) is 100 Å². The Hall–Kier alpha value is -2.54. The first kappa shape index (κ1) is 21.8. The van der Waals surface area contributed by atoms with Crippen LogP contribution in [0.1, 0.15) is 54.9 Å². The highest BCUT2D eigenvalue weighted by molar-refractivity contribution is 5.72. The third-order valence-electron chi connectivity index (χ3n) is 5.55. The van der Waals surface area contributed by atoms with Crippen LogP contribution in [-0.4, -0.2) is 0 Å². The Morgan fingerprint density at radius 3 is 2.25 bits per heavy atom. The zero-order valence-corrected chi connectivity index (χ0v) is 18.7. The smallest absolute Gasteiger partial charge is 0.0467 e. The molecule has 0 aromatic heterocycles. The van der Waals surface area contributed by atoms with Gasteiger partial charge in [-0.15, -0.1) is 0 Å². The summed E-state index contributed by atoms with van der Waals surface area (Å²) in [6.07, 6.45) is 5.63. The molecule has 148 valence electrons. The minimum Gasteiger partial charge on any atom is -0.314 e. The lowest BCUT2D eigenvalue weighted by Gasteiger charge is -2.37. The number of rotatable bonds is 6. The summed E-state index contributed by atoms with van der Waals surface area (Å²) in [5, 5.41) is 0. The predicted octanol–water partition coefficient (Wildman–Crippen LogP) is 8.13. The van der Waals surface area contributed by atoms with Gasteiger partial charge in [0.05, 0.1) is 0 Å². The van der Waals surface area contributed by atoms with Crippen LogP contribution >= 0.6 is 0 Å². The molecule has 0 unspecified atom stereocenters. The number of allylic oxidation sites excluding steroid dienone is 8. The van der Waals surface area contributed by atoms with E-state index in [4.69, 9.17) is 0 Å². The number of anilines is 1. The summed E-state index contributed by atoms with van der Waals surface area (Å²) in [5.41, 5.74) is 10.7. The maximum Gasteiger partial charge on any atom is 0.0467 e. The van der Waals surface area contributed by atoms with Crippen molar-refractivity contribution < 1.29 is 0 Å². The third-order valence-corrected chi connectivity index (χ3v) is 5.55. The molecule has 0 atom stereocenters. The lowest BCUT2D eigenvalue weighted by Crippen LogP contribution is -2.29. The average Bonchev–Trinajstić information content (AvgIpc) is 2.67. The highest BCUT2D eigenvalue weighted by Gasteiger charge is 2.27. The minimum absolute atomic E-state index is 0.398. The predicted molar refractivity (Wildman–Crippen MR) is 125 cm³/mol. The van der Waals surface area contributed by atoms with E-state index in [1.54, 1.807) is 0 Å². The van der Waals surface area contributed by atoms with E-state index in [2.05, 4.69) is 109 Å². The molecule has 1 aromatic rings. The van der Waals surface area contributed by atoms with Crippen LogP contribution in [0, 0.1) is 5.92 Å². The second-order valence-corrected chi connectivity index (χ2v) is 8.03. The van der Waals surface area contributed by atoms with Crippen LogP contribution in [-0.2, 0) is 0 Å². The molecular formula is C27H35N. The van der Waals surface area contributed by atoms with Crippen LogP contribution in [0.25, 0.3) is 0 Å². The van der Waals surface area contributed by atoms with Crippen LogP contribution in [0.5, 0.6) is 0 Å². The van der Waals surface area contributed by atoms with Crippen molar-refractivity contribution in [2.45, 2.75) is 54.9 Å². The zero-order chi connectivity index (χ0) is 21.0. The molecule has 1 aliphatic heterocycles. The molecule has 1 heterocycles. The number of para-hydroxylation sites is 1. The Bertz CT molecular complexity index is 885. The topological polar surface area (TPSA) is 3.24 Å². The van der Waals surface area contributed by atoms with E-state index in [0.29, 0.717) is 5.92 Å². The Morgan fingerprint density at radius 1 is 1.11 bits per heavy atom. The molecule has 1 heteroatoms. The van der Waals surface area contributed by atoms with Gasteiger partial charge in [-0.1, -0.05) is 63.8 Å². The van der Waals surface area contributed by atoms with E-state index in [9.17, 15) is 0 Å². The second-order valence-electron chi connectivity index (χ2n) is 8.03. The third kappa shape index (κ3) is 4.47. The maximum absolute atomic E-state index is 4.50. The summed E-state index contributed by atoms with van der Waals surface area (Å²) >= 11 is 0. The molecule has 0 radical (unpaired) electrons. The standard InChI is InChI=1S/C27H35N/c1-10-19(4)16-20(5)22(7)23(8)27-21(6)17-26(18(2)3)28(24(27)9)25-14-12-11-13-15-25/h11-18H,8-10H2,1-7H3/b19-16-,22-20+. The van der Waals surface area contributed by atoms with Crippen molar-refractivity contribution in [2.24, 2.45) is 5.92 Å². The van der Waals surface area contributed by atoms with E-state index < -0.39 is 0 Å². The zero-order valence-electron chi connectivity index (χ0n) is 18.7. The molecule has 28 heavy (non-hydrogen) atoms. The van der Waals surface area contributed by atoms with Gasteiger partial charge in [0.1, 0.15) is 0 Å². The van der Waals surface area contributed by atoms with E-state index >= 15 is 0 Å². The first-order valence-electron chi connectivity index (χ1n) is 10.2. The lowest BCUT2D eigenvalue weighted by molar-refractivity contribution is 0.730. The normalized spacial score (nSPS) is 16.4. The van der Waals surface area contributed by atoms with Crippen LogP contribution in [0.15, 0.2) is 100 Å². The summed E-state index contributed by atoms with van der Waals surface area (Å²) in [6.45, 7) is 24.3. The van der Waals surface area contributed by atoms with Gasteiger partial charge in [0.25, 0.3) is 0 Å². The molecule has 0 saturated carbocycles. The lowest BCUT2D eigenvalue weighted by atomic mass is 9.86.